The quantitative estimate of drug-likeness (QED) is 0.623. The molecule has 0 aromatic heterocycles. The highest BCUT2D eigenvalue weighted by Gasteiger charge is 2.39. The van der Waals surface area contributed by atoms with Gasteiger partial charge in [-0.15, -0.1) is 0 Å². The molecule has 2 heterocycles. The van der Waals surface area contributed by atoms with E-state index in [9.17, 15) is 14.4 Å². The van der Waals surface area contributed by atoms with Gasteiger partial charge in [0.15, 0.2) is 0 Å². The van der Waals surface area contributed by atoms with Crippen molar-refractivity contribution in [1.29, 1.82) is 0 Å². The van der Waals surface area contributed by atoms with Crippen LogP contribution in [0.3, 0.4) is 0 Å². The van der Waals surface area contributed by atoms with E-state index >= 15 is 0 Å². The lowest BCUT2D eigenvalue weighted by Gasteiger charge is -2.42. The average Bonchev–Trinajstić information content (AvgIpc) is 3.60. The number of carbonyl (C=O) groups excluding carboxylic acids is 3. The average molecular weight is 445 g/mol. The summed E-state index contributed by atoms with van der Waals surface area (Å²) < 4.78 is 12.2. The topological polar surface area (TPSA) is 109 Å². The van der Waals surface area contributed by atoms with Gasteiger partial charge in [-0.3, -0.25) is 9.59 Å². The minimum absolute atomic E-state index is 0.0222. The molecule has 2 fully saturated rings. The van der Waals surface area contributed by atoms with Crippen molar-refractivity contribution >= 4 is 23.5 Å². The van der Waals surface area contributed by atoms with E-state index in [1.54, 1.807) is 30.1 Å². The van der Waals surface area contributed by atoms with Gasteiger partial charge in [-0.2, -0.15) is 0 Å². The summed E-state index contributed by atoms with van der Waals surface area (Å²) in [6.45, 7) is 3.39. The monoisotopic (exact) mass is 444 g/mol. The number of ether oxygens (including phenoxy) is 2. The largest absolute Gasteiger partial charge is 0.490 e. The molecule has 3 N–H and O–H groups in total. The van der Waals surface area contributed by atoms with Crippen LogP contribution in [0.2, 0.25) is 0 Å². The molecule has 0 radical (unpaired) electrons. The Kier molecular flexibility index (Phi) is 6.83. The number of amides is 4. The number of benzene rings is 1. The Morgan fingerprint density at radius 2 is 1.97 bits per heavy atom. The van der Waals surface area contributed by atoms with Gasteiger partial charge in [0.05, 0.1) is 24.1 Å². The minimum Gasteiger partial charge on any atom is -0.490 e. The predicted molar refractivity (Wildman–Crippen MR) is 119 cm³/mol. The molecule has 174 valence electrons. The lowest BCUT2D eigenvalue weighted by Crippen LogP contribution is -2.54. The van der Waals surface area contributed by atoms with Crippen LogP contribution in [0, 0.1) is 5.92 Å². The number of anilines is 1. The van der Waals surface area contributed by atoms with Crippen molar-refractivity contribution in [3.05, 3.63) is 23.8 Å². The number of carbonyl (C=O) groups is 3. The van der Waals surface area contributed by atoms with Crippen molar-refractivity contribution in [2.45, 2.75) is 57.3 Å². The van der Waals surface area contributed by atoms with E-state index in [0.29, 0.717) is 48.9 Å². The Hall–Kier alpha value is -2.81. The fourth-order valence-corrected chi connectivity index (χ4v) is 4.30. The second-order valence-corrected chi connectivity index (χ2v) is 8.82. The number of fused-ring (bicyclic) bond motifs is 2. The molecule has 1 aromatic rings. The molecule has 2 aliphatic heterocycles. The van der Waals surface area contributed by atoms with Gasteiger partial charge in [-0.1, -0.05) is 0 Å². The van der Waals surface area contributed by atoms with E-state index in [1.807, 2.05) is 6.92 Å². The van der Waals surface area contributed by atoms with Gasteiger partial charge in [0.2, 0.25) is 5.91 Å². The summed E-state index contributed by atoms with van der Waals surface area (Å²) in [5, 5.41) is 8.39. The normalized spacial score (nSPS) is 24.9. The SMILES string of the molecule is CCNC(=O)Nc1ccc2c(c1)C(=O)N(C)[C@H]1CC[C@H](CC(=O)NCC3CC3)O[C@H]1CO2. The molecule has 3 atom stereocenters. The number of hydrogen-bond acceptors (Lipinski definition) is 5. The number of nitrogens with zero attached hydrogens (tertiary/aromatic N) is 1. The van der Waals surface area contributed by atoms with Gasteiger partial charge < -0.3 is 30.3 Å². The van der Waals surface area contributed by atoms with Crippen LogP contribution in [0.15, 0.2) is 18.2 Å². The predicted octanol–water partition coefficient (Wildman–Crippen LogP) is 2.12. The Labute approximate surface area is 188 Å². The van der Waals surface area contributed by atoms with Crippen molar-refractivity contribution < 1.29 is 23.9 Å². The van der Waals surface area contributed by atoms with Crippen molar-refractivity contribution in [3.8, 4) is 5.75 Å². The lowest BCUT2D eigenvalue weighted by atomic mass is 9.94. The molecule has 0 unspecified atom stereocenters. The van der Waals surface area contributed by atoms with Crippen molar-refractivity contribution in [2.75, 3.05) is 32.1 Å². The first-order chi connectivity index (χ1) is 15.4. The number of nitrogens with one attached hydrogen (secondary N) is 3. The smallest absolute Gasteiger partial charge is 0.319 e. The molecule has 9 heteroatoms. The maximum Gasteiger partial charge on any atom is 0.319 e. The van der Waals surface area contributed by atoms with E-state index < -0.39 is 0 Å². The molecule has 32 heavy (non-hydrogen) atoms. The second-order valence-electron chi connectivity index (χ2n) is 8.82. The first kappa shape index (κ1) is 22.4. The third-order valence-electron chi connectivity index (χ3n) is 6.30. The highest BCUT2D eigenvalue weighted by Crippen LogP contribution is 2.32. The molecule has 4 rings (SSSR count). The third kappa shape index (κ3) is 5.32. The van der Waals surface area contributed by atoms with Crippen molar-refractivity contribution in [3.63, 3.8) is 0 Å². The number of hydrogen-bond donors (Lipinski definition) is 3. The van der Waals surface area contributed by atoms with E-state index in [4.69, 9.17) is 9.47 Å². The highest BCUT2D eigenvalue weighted by atomic mass is 16.5. The first-order valence-electron chi connectivity index (χ1n) is 11.5. The van der Waals surface area contributed by atoms with Crippen molar-refractivity contribution in [1.82, 2.24) is 15.5 Å². The summed E-state index contributed by atoms with van der Waals surface area (Å²) in [5.74, 6) is 0.938. The van der Waals surface area contributed by atoms with Gasteiger partial charge in [0.25, 0.3) is 5.91 Å². The summed E-state index contributed by atoms with van der Waals surface area (Å²) in [6.07, 6.45) is 3.70. The van der Waals surface area contributed by atoms with E-state index in [2.05, 4.69) is 16.0 Å². The van der Waals surface area contributed by atoms with Crippen LogP contribution in [0.5, 0.6) is 5.75 Å². The molecule has 0 bridgehead atoms. The molecule has 1 saturated carbocycles. The van der Waals surface area contributed by atoms with Crippen LogP contribution in [0.25, 0.3) is 0 Å². The van der Waals surface area contributed by atoms with Crippen molar-refractivity contribution in [2.24, 2.45) is 5.92 Å². The summed E-state index contributed by atoms with van der Waals surface area (Å²) in [7, 11) is 1.77. The van der Waals surface area contributed by atoms with Crippen LogP contribution < -0.4 is 20.7 Å². The Balaban J connectivity index is 1.41. The maximum absolute atomic E-state index is 13.2. The summed E-state index contributed by atoms with van der Waals surface area (Å²) >= 11 is 0. The van der Waals surface area contributed by atoms with Crippen LogP contribution >= 0.6 is 0 Å². The Morgan fingerprint density at radius 3 is 2.72 bits per heavy atom. The van der Waals surface area contributed by atoms with Crippen LogP contribution in [0.1, 0.15) is 49.4 Å². The van der Waals surface area contributed by atoms with Crippen LogP contribution in [-0.4, -0.2) is 67.7 Å². The zero-order valence-corrected chi connectivity index (χ0v) is 18.7. The fourth-order valence-electron chi connectivity index (χ4n) is 4.30. The molecular weight excluding hydrogens is 412 g/mol. The zero-order chi connectivity index (χ0) is 22.7. The highest BCUT2D eigenvalue weighted by molar-refractivity contribution is 5.99. The maximum atomic E-state index is 13.2. The summed E-state index contributed by atoms with van der Waals surface area (Å²) in [6, 6.07) is 4.57. The van der Waals surface area contributed by atoms with Gasteiger partial charge >= 0.3 is 6.03 Å². The molecule has 3 aliphatic rings. The van der Waals surface area contributed by atoms with E-state index in [0.717, 1.165) is 13.0 Å². The molecule has 1 saturated heterocycles. The van der Waals surface area contributed by atoms with Crippen LogP contribution in [-0.2, 0) is 9.53 Å². The first-order valence-corrected chi connectivity index (χ1v) is 11.5. The van der Waals surface area contributed by atoms with Gasteiger partial charge in [0.1, 0.15) is 18.5 Å². The summed E-state index contributed by atoms with van der Waals surface area (Å²) in [4.78, 5) is 39.0. The molecule has 4 amide bonds. The third-order valence-corrected chi connectivity index (χ3v) is 6.30. The van der Waals surface area contributed by atoms with E-state index in [-0.39, 0.29) is 36.1 Å². The van der Waals surface area contributed by atoms with Gasteiger partial charge in [-0.05, 0) is 56.7 Å². The standard InChI is InChI=1S/C23H32N4O5/c1-3-24-23(30)26-15-6-9-19-17(10-15)22(29)27(2)18-8-7-16(32-20(18)13-31-19)11-21(28)25-12-14-4-5-14/h6,9-10,14,16,18,20H,3-5,7-8,11-13H2,1-2H3,(H,25,28)(H2,24,26,30)/t16-,18+,20+/m1/s1. The second kappa shape index (κ2) is 9.77. The minimum atomic E-state index is -0.326. The van der Waals surface area contributed by atoms with Crippen LogP contribution in [0.4, 0.5) is 10.5 Å². The molecule has 0 spiro atoms. The number of urea groups is 1. The lowest BCUT2D eigenvalue weighted by molar-refractivity contribution is -0.134. The molecule has 1 aromatic carbocycles. The molecular formula is C23H32N4O5. The Bertz CT molecular complexity index is 872. The molecule has 1 aliphatic carbocycles. The zero-order valence-electron chi connectivity index (χ0n) is 18.7. The molecule has 9 nitrogen and oxygen atoms in total. The Morgan fingerprint density at radius 1 is 1.16 bits per heavy atom. The van der Waals surface area contributed by atoms with Gasteiger partial charge in [0, 0.05) is 25.8 Å². The number of likely N-dealkylation sites (N-methyl/N-ethyl adjacent to an activating group) is 1. The van der Waals surface area contributed by atoms with Gasteiger partial charge in [-0.25, -0.2) is 4.79 Å². The summed E-state index contributed by atoms with van der Waals surface area (Å²) in [5.41, 5.74) is 0.927. The fraction of sp³-hybridized carbons (Fsp3) is 0.609. The number of rotatable bonds is 6. The van der Waals surface area contributed by atoms with E-state index in [1.165, 1.54) is 12.8 Å².